The SMILES string of the molecule is COc1ccc(N)cc1C(=O)N(CC(C)C)C1CCCC1. The van der Waals surface area contributed by atoms with Crippen LogP contribution in [0.2, 0.25) is 0 Å². The molecule has 116 valence electrons. The van der Waals surface area contributed by atoms with Crippen molar-refractivity contribution in [1.29, 1.82) is 0 Å². The minimum atomic E-state index is 0.0414. The van der Waals surface area contributed by atoms with Crippen molar-refractivity contribution >= 4 is 11.6 Å². The summed E-state index contributed by atoms with van der Waals surface area (Å²) in [4.78, 5) is 15.0. The molecule has 0 aromatic heterocycles. The number of hydrogen-bond acceptors (Lipinski definition) is 3. The predicted octanol–water partition coefficient (Wildman–Crippen LogP) is 3.32. The van der Waals surface area contributed by atoms with Crippen LogP contribution in [0.1, 0.15) is 49.9 Å². The third-order valence-corrected chi connectivity index (χ3v) is 4.04. The Labute approximate surface area is 127 Å². The molecule has 1 fully saturated rings. The average molecular weight is 290 g/mol. The summed E-state index contributed by atoms with van der Waals surface area (Å²) in [7, 11) is 1.59. The second-order valence-electron chi connectivity index (χ2n) is 6.25. The summed E-state index contributed by atoms with van der Waals surface area (Å²) in [6.45, 7) is 5.07. The van der Waals surface area contributed by atoms with Crippen LogP contribution in [0, 0.1) is 5.92 Å². The van der Waals surface area contributed by atoms with E-state index in [4.69, 9.17) is 10.5 Å². The summed E-state index contributed by atoms with van der Waals surface area (Å²) >= 11 is 0. The number of methoxy groups -OCH3 is 1. The maximum absolute atomic E-state index is 13.0. The molecule has 1 aliphatic rings. The standard InChI is InChI=1S/C17H26N2O2/c1-12(2)11-19(14-6-4-5-7-14)17(20)15-10-13(18)8-9-16(15)21-3/h8-10,12,14H,4-7,11,18H2,1-3H3. The summed E-state index contributed by atoms with van der Waals surface area (Å²) in [6.07, 6.45) is 4.62. The molecule has 1 saturated carbocycles. The van der Waals surface area contributed by atoms with Crippen molar-refractivity contribution in [2.45, 2.75) is 45.6 Å². The highest BCUT2D eigenvalue weighted by atomic mass is 16.5. The first-order valence-corrected chi connectivity index (χ1v) is 7.77. The molecule has 21 heavy (non-hydrogen) atoms. The first-order chi connectivity index (χ1) is 10.0. The Balaban J connectivity index is 2.30. The normalized spacial score (nSPS) is 15.4. The van der Waals surface area contributed by atoms with Crippen LogP contribution in [0.4, 0.5) is 5.69 Å². The van der Waals surface area contributed by atoms with E-state index in [9.17, 15) is 4.79 Å². The van der Waals surface area contributed by atoms with Crippen LogP contribution in [0.15, 0.2) is 18.2 Å². The van der Waals surface area contributed by atoms with E-state index in [1.165, 1.54) is 12.8 Å². The summed E-state index contributed by atoms with van der Waals surface area (Å²) in [5.41, 5.74) is 7.02. The van der Waals surface area contributed by atoms with E-state index >= 15 is 0 Å². The van der Waals surface area contributed by atoms with Crippen LogP contribution in [0.25, 0.3) is 0 Å². The van der Waals surface area contributed by atoms with E-state index in [0.717, 1.165) is 19.4 Å². The lowest BCUT2D eigenvalue weighted by molar-refractivity contribution is 0.0652. The first kappa shape index (κ1) is 15.7. The Morgan fingerprint density at radius 1 is 1.38 bits per heavy atom. The van der Waals surface area contributed by atoms with Gasteiger partial charge < -0.3 is 15.4 Å². The maximum Gasteiger partial charge on any atom is 0.257 e. The lowest BCUT2D eigenvalue weighted by Gasteiger charge is -2.31. The van der Waals surface area contributed by atoms with Gasteiger partial charge in [0, 0.05) is 18.3 Å². The number of benzene rings is 1. The van der Waals surface area contributed by atoms with Crippen molar-refractivity contribution in [1.82, 2.24) is 4.90 Å². The fraction of sp³-hybridized carbons (Fsp3) is 0.588. The van der Waals surface area contributed by atoms with Gasteiger partial charge in [-0.15, -0.1) is 0 Å². The maximum atomic E-state index is 13.0. The largest absolute Gasteiger partial charge is 0.496 e. The van der Waals surface area contributed by atoms with Crippen LogP contribution in [-0.4, -0.2) is 30.5 Å². The summed E-state index contributed by atoms with van der Waals surface area (Å²) < 4.78 is 5.34. The van der Waals surface area contributed by atoms with Gasteiger partial charge in [0.05, 0.1) is 12.7 Å². The quantitative estimate of drug-likeness (QED) is 0.846. The molecule has 0 spiro atoms. The van der Waals surface area contributed by atoms with E-state index in [1.807, 2.05) is 4.90 Å². The highest BCUT2D eigenvalue weighted by molar-refractivity contribution is 5.98. The molecule has 2 N–H and O–H groups in total. The number of hydrogen-bond donors (Lipinski definition) is 1. The fourth-order valence-electron chi connectivity index (χ4n) is 3.05. The number of amides is 1. The molecule has 4 heteroatoms. The van der Waals surface area contributed by atoms with Gasteiger partial charge in [-0.05, 0) is 37.0 Å². The molecule has 0 aliphatic heterocycles. The van der Waals surface area contributed by atoms with Crippen LogP contribution in [-0.2, 0) is 0 Å². The van der Waals surface area contributed by atoms with Crippen molar-refractivity contribution < 1.29 is 9.53 Å². The van der Waals surface area contributed by atoms with Crippen molar-refractivity contribution in [3.63, 3.8) is 0 Å². The highest BCUT2D eigenvalue weighted by Gasteiger charge is 2.29. The zero-order valence-corrected chi connectivity index (χ0v) is 13.3. The van der Waals surface area contributed by atoms with E-state index in [1.54, 1.807) is 25.3 Å². The molecule has 1 amide bonds. The van der Waals surface area contributed by atoms with Gasteiger partial charge in [-0.1, -0.05) is 26.7 Å². The number of ether oxygens (including phenoxy) is 1. The number of carbonyl (C=O) groups is 1. The second kappa shape index (κ2) is 6.83. The zero-order chi connectivity index (χ0) is 15.4. The van der Waals surface area contributed by atoms with Gasteiger partial charge >= 0.3 is 0 Å². The third kappa shape index (κ3) is 3.69. The van der Waals surface area contributed by atoms with Gasteiger partial charge in [0.15, 0.2) is 0 Å². The Bertz CT molecular complexity index is 494. The van der Waals surface area contributed by atoms with Gasteiger partial charge in [0.25, 0.3) is 5.91 Å². The monoisotopic (exact) mass is 290 g/mol. The zero-order valence-electron chi connectivity index (χ0n) is 13.3. The molecule has 0 radical (unpaired) electrons. The van der Waals surface area contributed by atoms with Crippen molar-refractivity contribution in [2.75, 3.05) is 19.4 Å². The second-order valence-corrected chi connectivity index (χ2v) is 6.25. The van der Waals surface area contributed by atoms with E-state index in [-0.39, 0.29) is 5.91 Å². The van der Waals surface area contributed by atoms with Crippen LogP contribution < -0.4 is 10.5 Å². The molecule has 0 heterocycles. The molecule has 0 bridgehead atoms. The summed E-state index contributed by atoms with van der Waals surface area (Å²) in [6, 6.07) is 5.61. The summed E-state index contributed by atoms with van der Waals surface area (Å²) in [5, 5.41) is 0. The van der Waals surface area contributed by atoms with Gasteiger partial charge in [0.2, 0.25) is 0 Å². The lowest BCUT2D eigenvalue weighted by atomic mass is 10.1. The molecule has 0 atom stereocenters. The van der Waals surface area contributed by atoms with E-state index in [2.05, 4.69) is 13.8 Å². The van der Waals surface area contributed by atoms with Gasteiger partial charge in [-0.2, -0.15) is 0 Å². The Morgan fingerprint density at radius 3 is 2.62 bits per heavy atom. The smallest absolute Gasteiger partial charge is 0.257 e. The number of nitrogens with two attached hydrogens (primary N) is 1. The number of nitrogens with zero attached hydrogens (tertiary/aromatic N) is 1. The molecule has 1 aromatic rings. The Kier molecular flexibility index (Phi) is 5.10. The predicted molar refractivity (Wildman–Crippen MR) is 85.5 cm³/mol. The molecular weight excluding hydrogens is 264 g/mol. The van der Waals surface area contributed by atoms with Gasteiger partial charge in [0.1, 0.15) is 5.75 Å². The van der Waals surface area contributed by atoms with Crippen LogP contribution in [0.5, 0.6) is 5.75 Å². The van der Waals surface area contributed by atoms with E-state index in [0.29, 0.717) is 29.0 Å². The fourth-order valence-corrected chi connectivity index (χ4v) is 3.05. The topological polar surface area (TPSA) is 55.6 Å². The number of nitrogen functional groups attached to an aromatic ring is 1. The molecule has 4 nitrogen and oxygen atoms in total. The minimum absolute atomic E-state index is 0.0414. The highest BCUT2D eigenvalue weighted by Crippen LogP contribution is 2.29. The van der Waals surface area contributed by atoms with Crippen molar-refractivity contribution in [3.8, 4) is 5.75 Å². The number of carbonyl (C=O) groups excluding carboxylic acids is 1. The molecule has 2 rings (SSSR count). The number of anilines is 1. The van der Waals surface area contributed by atoms with Gasteiger partial charge in [-0.25, -0.2) is 0 Å². The molecule has 0 unspecified atom stereocenters. The van der Waals surface area contributed by atoms with Crippen LogP contribution >= 0.6 is 0 Å². The first-order valence-electron chi connectivity index (χ1n) is 7.77. The third-order valence-electron chi connectivity index (χ3n) is 4.04. The molecular formula is C17H26N2O2. The van der Waals surface area contributed by atoms with Crippen molar-refractivity contribution in [3.05, 3.63) is 23.8 Å². The molecule has 1 aromatic carbocycles. The summed E-state index contributed by atoms with van der Waals surface area (Å²) in [5.74, 6) is 1.09. The minimum Gasteiger partial charge on any atom is -0.496 e. The molecule has 0 saturated heterocycles. The average Bonchev–Trinajstić information content (AvgIpc) is 2.97. The lowest BCUT2D eigenvalue weighted by Crippen LogP contribution is -2.41. The Morgan fingerprint density at radius 2 is 2.05 bits per heavy atom. The van der Waals surface area contributed by atoms with Gasteiger partial charge in [-0.3, -0.25) is 4.79 Å². The Hall–Kier alpha value is -1.71. The van der Waals surface area contributed by atoms with Crippen LogP contribution in [0.3, 0.4) is 0 Å². The number of rotatable bonds is 5. The van der Waals surface area contributed by atoms with E-state index < -0.39 is 0 Å². The molecule has 1 aliphatic carbocycles. The van der Waals surface area contributed by atoms with Crippen molar-refractivity contribution in [2.24, 2.45) is 5.92 Å².